The molecule has 4 nitrogen and oxygen atoms in total. The molecule has 0 saturated heterocycles. The molecule has 0 unspecified atom stereocenters. The van der Waals surface area contributed by atoms with Crippen molar-refractivity contribution >= 4 is 17.1 Å². The van der Waals surface area contributed by atoms with Gasteiger partial charge in [-0.25, -0.2) is 0 Å². The summed E-state index contributed by atoms with van der Waals surface area (Å²) in [5.41, 5.74) is 1.74. The van der Waals surface area contributed by atoms with Gasteiger partial charge in [-0.15, -0.1) is 0 Å². The third-order valence-electron chi connectivity index (χ3n) is 3.96. The normalized spacial score (nSPS) is 13.7. The Morgan fingerprint density at radius 3 is 2.09 bits per heavy atom. The van der Waals surface area contributed by atoms with E-state index in [1.807, 2.05) is 12.1 Å². The summed E-state index contributed by atoms with van der Waals surface area (Å²) in [6.45, 7) is 2.09. The Morgan fingerprint density at radius 1 is 0.870 bits per heavy atom. The topological polar surface area (TPSA) is 74.6 Å². The van der Waals surface area contributed by atoms with Gasteiger partial charge in [-0.1, -0.05) is 37.6 Å². The number of allylic oxidation sites excluding steroid dienone is 2. The number of carbonyl (C=O) groups is 2. The number of phenols is 2. The first-order valence-corrected chi connectivity index (χ1v) is 7.48. The van der Waals surface area contributed by atoms with Gasteiger partial charge in [0.15, 0.2) is 11.6 Å². The van der Waals surface area contributed by atoms with Crippen LogP contribution in [0.5, 0.6) is 11.5 Å². The molecule has 0 radical (unpaired) electrons. The van der Waals surface area contributed by atoms with E-state index in [4.69, 9.17) is 0 Å². The highest BCUT2D eigenvalue weighted by Crippen LogP contribution is 2.37. The van der Waals surface area contributed by atoms with Crippen LogP contribution in [-0.4, -0.2) is 21.8 Å². The lowest BCUT2D eigenvalue weighted by atomic mass is 9.85. The maximum atomic E-state index is 12.7. The molecule has 3 rings (SSSR count). The summed E-state index contributed by atoms with van der Waals surface area (Å²) in [6, 6.07) is 9.87. The molecule has 4 heteroatoms. The average Bonchev–Trinajstić information content (AvgIpc) is 2.54. The maximum Gasteiger partial charge on any atom is 0.198 e. The second-order valence-electron chi connectivity index (χ2n) is 5.55. The molecular weight excluding hydrogens is 292 g/mol. The van der Waals surface area contributed by atoms with E-state index >= 15 is 0 Å². The number of fused-ring (bicyclic) bond motifs is 1. The van der Waals surface area contributed by atoms with Crippen molar-refractivity contribution < 1.29 is 19.8 Å². The molecule has 2 aromatic carbocycles. The Hall–Kier alpha value is -2.88. The lowest BCUT2D eigenvalue weighted by Gasteiger charge is -2.17. The third-order valence-corrected chi connectivity index (χ3v) is 3.96. The smallest absolute Gasteiger partial charge is 0.198 e. The van der Waals surface area contributed by atoms with E-state index in [0.29, 0.717) is 5.56 Å². The number of phenolic OH excluding ortho intramolecular Hbond substituents is 2. The zero-order valence-electron chi connectivity index (χ0n) is 12.7. The monoisotopic (exact) mass is 308 g/mol. The van der Waals surface area contributed by atoms with E-state index in [1.54, 1.807) is 12.1 Å². The molecular formula is C19H16O4. The molecule has 0 aliphatic heterocycles. The van der Waals surface area contributed by atoms with Gasteiger partial charge in [0.05, 0.1) is 11.1 Å². The van der Waals surface area contributed by atoms with Gasteiger partial charge in [0.25, 0.3) is 0 Å². The van der Waals surface area contributed by atoms with E-state index in [9.17, 15) is 19.8 Å². The molecule has 23 heavy (non-hydrogen) atoms. The first-order chi connectivity index (χ1) is 11.0. The second-order valence-corrected chi connectivity index (χ2v) is 5.55. The number of aromatic hydroxyl groups is 2. The fourth-order valence-corrected chi connectivity index (χ4v) is 2.82. The van der Waals surface area contributed by atoms with Crippen LogP contribution in [0.2, 0.25) is 0 Å². The van der Waals surface area contributed by atoms with E-state index in [-0.39, 0.29) is 28.2 Å². The number of hydrogen-bond donors (Lipinski definition) is 2. The molecule has 0 spiro atoms. The summed E-state index contributed by atoms with van der Waals surface area (Å²) in [6.07, 6.45) is 3.20. The molecule has 0 atom stereocenters. The highest BCUT2D eigenvalue weighted by Gasteiger charge is 2.31. The number of benzene rings is 2. The Labute approximate surface area is 133 Å². The highest BCUT2D eigenvalue weighted by molar-refractivity contribution is 6.39. The molecule has 0 fully saturated rings. The number of aryl methyl sites for hydroxylation is 1. The van der Waals surface area contributed by atoms with E-state index in [2.05, 4.69) is 6.92 Å². The van der Waals surface area contributed by atoms with Gasteiger partial charge in [-0.2, -0.15) is 0 Å². The van der Waals surface area contributed by atoms with Crippen LogP contribution in [-0.2, 0) is 6.42 Å². The lowest BCUT2D eigenvalue weighted by molar-refractivity contribution is 0.0996. The van der Waals surface area contributed by atoms with Crippen LogP contribution in [0.3, 0.4) is 0 Å². The average molecular weight is 308 g/mol. The second kappa shape index (κ2) is 5.72. The molecule has 0 bridgehead atoms. The fourth-order valence-electron chi connectivity index (χ4n) is 2.82. The molecule has 2 aromatic rings. The summed E-state index contributed by atoms with van der Waals surface area (Å²) >= 11 is 0. The molecule has 0 aromatic heterocycles. The lowest BCUT2D eigenvalue weighted by Crippen LogP contribution is -2.16. The van der Waals surface area contributed by atoms with Crippen molar-refractivity contribution in [2.24, 2.45) is 0 Å². The molecule has 0 heterocycles. The molecule has 116 valence electrons. The quantitative estimate of drug-likeness (QED) is 0.851. The molecule has 1 aliphatic rings. The Bertz CT molecular complexity index is 829. The van der Waals surface area contributed by atoms with Crippen LogP contribution in [0.25, 0.3) is 5.57 Å². The zero-order chi connectivity index (χ0) is 16.6. The predicted molar refractivity (Wildman–Crippen MR) is 86.8 cm³/mol. The summed E-state index contributed by atoms with van der Waals surface area (Å²) < 4.78 is 0. The minimum absolute atomic E-state index is 0.134. The van der Waals surface area contributed by atoms with Gasteiger partial charge < -0.3 is 10.2 Å². The first-order valence-electron chi connectivity index (χ1n) is 7.48. The van der Waals surface area contributed by atoms with Crippen molar-refractivity contribution in [1.29, 1.82) is 0 Å². The Balaban J connectivity index is 2.07. The van der Waals surface area contributed by atoms with Gasteiger partial charge in [0.1, 0.15) is 11.5 Å². The fraction of sp³-hybridized carbons (Fsp3) is 0.158. The molecule has 0 amide bonds. The van der Waals surface area contributed by atoms with Crippen LogP contribution < -0.4 is 0 Å². The van der Waals surface area contributed by atoms with Crippen molar-refractivity contribution in [3.63, 3.8) is 0 Å². The van der Waals surface area contributed by atoms with Crippen molar-refractivity contribution in [3.05, 3.63) is 64.7 Å². The standard InChI is InChI=1S/C19H16O4/c1-2-3-11-4-6-12(7-5-11)13-10-16(22)17-14(20)8-9-15(21)18(17)19(13)23/h4-10,20-21H,2-3H2,1H3. The van der Waals surface area contributed by atoms with Crippen molar-refractivity contribution in [1.82, 2.24) is 0 Å². The molecule has 1 aliphatic carbocycles. The van der Waals surface area contributed by atoms with Gasteiger partial charge >= 0.3 is 0 Å². The first kappa shape index (κ1) is 15.0. The number of Topliss-reactive ketones (excluding diaryl/α,β-unsaturated/α-hetero) is 1. The zero-order valence-corrected chi connectivity index (χ0v) is 12.7. The number of rotatable bonds is 3. The van der Waals surface area contributed by atoms with E-state index in [0.717, 1.165) is 18.4 Å². The van der Waals surface area contributed by atoms with Crippen LogP contribution >= 0.6 is 0 Å². The third kappa shape index (κ3) is 2.52. The van der Waals surface area contributed by atoms with Crippen LogP contribution in [0.4, 0.5) is 0 Å². The SMILES string of the molecule is CCCc1ccc(C2=CC(=O)c3c(O)ccc(O)c3C2=O)cc1. The minimum atomic E-state index is -0.486. The van der Waals surface area contributed by atoms with Gasteiger partial charge in [0.2, 0.25) is 0 Å². The molecule has 2 N–H and O–H groups in total. The van der Waals surface area contributed by atoms with E-state index < -0.39 is 11.6 Å². The largest absolute Gasteiger partial charge is 0.507 e. The van der Waals surface area contributed by atoms with Gasteiger partial charge in [-0.05, 0) is 35.8 Å². The summed E-state index contributed by atoms with van der Waals surface area (Å²) in [4.78, 5) is 24.9. The highest BCUT2D eigenvalue weighted by atomic mass is 16.3. The van der Waals surface area contributed by atoms with Crippen LogP contribution in [0, 0.1) is 0 Å². The number of hydrogen-bond acceptors (Lipinski definition) is 4. The predicted octanol–water partition coefficient (Wildman–Crippen LogP) is 3.51. The Kier molecular flexibility index (Phi) is 3.74. The summed E-state index contributed by atoms with van der Waals surface area (Å²) in [5.74, 6) is -1.55. The van der Waals surface area contributed by atoms with Gasteiger partial charge in [0, 0.05) is 5.57 Å². The minimum Gasteiger partial charge on any atom is -0.507 e. The van der Waals surface area contributed by atoms with E-state index in [1.165, 1.54) is 18.2 Å². The summed E-state index contributed by atoms with van der Waals surface area (Å²) in [5, 5.41) is 19.7. The number of carbonyl (C=O) groups excluding carboxylic acids is 2. The van der Waals surface area contributed by atoms with Crippen molar-refractivity contribution in [2.45, 2.75) is 19.8 Å². The van der Waals surface area contributed by atoms with Crippen molar-refractivity contribution in [3.8, 4) is 11.5 Å². The summed E-state index contributed by atoms with van der Waals surface area (Å²) in [7, 11) is 0. The van der Waals surface area contributed by atoms with Gasteiger partial charge in [-0.3, -0.25) is 9.59 Å². The Morgan fingerprint density at radius 2 is 1.48 bits per heavy atom. The van der Waals surface area contributed by atoms with Crippen molar-refractivity contribution in [2.75, 3.05) is 0 Å². The maximum absolute atomic E-state index is 12.7. The van der Waals surface area contributed by atoms with Crippen LogP contribution in [0.1, 0.15) is 45.2 Å². The van der Waals surface area contributed by atoms with Crippen LogP contribution in [0.15, 0.2) is 42.5 Å². The molecule has 0 saturated carbocycles. The number of ketones is 2.